The van der Waals surface area contributed by atoms with E-state index in [1.54, 1.807) is 12.3 Å². The molecule has 5 nitrogen and oxygen atoms in total. The molecule has 0 radical (unpaired) electrons. The standard InChI is InChI=1S/C15H18N2O3/c1-10-9-17(6-7-20-10)11-2-3-14-13(8-11)12(15(18)19)4-5-16-14/h2-5,8,10,15,18-19H,6-7,9H2,1H3/t10-/m1/s1. The van der Waals surface area contributed by atoms with E-state index in [1.807, 2.05) is 18.2 Å². The normalized spacial score (nSPS) is 19.8. The van der Waals surface area contributed by atoms with Gasteiger partial charge in [-0.15, -0.1) is 0 Å². The summed E-state index contributed by atoms with van der Waals surface area (Å²) in [6.45, 7) is 4.44. The van der Waals surface area contributed by atoms with E-state index in [0.29, 0.717) is 12.2 Å². The van der Waals surface area contributed by atoms with Gasteiger partial charge in [0.05, 0.1) is 18.2 Å². The monoisotopic (exact) mass is 274 g/mol. The van der Waals surface area contributed by atoms with Crippen molar-refractivity contribution in [1.29, 1.82) is 0 Å². The average molecular weight is 274 g/mol. The highest BCUT2D eigenvalue weighted by molar-refractivity contribution is 5.85. The fourth-order valence-corrected chi connectivity index (χ4v) is 2.63. The first kappa shape index (κ1) is 13.3. The van der Waals surface area contributed by atoms with Gasteiger partial charge in [-0.3, -0.25) is 4.98 Å². The predicted octanol–water partition coefficient (Wildman–Crippen LogP) is 1.44. The number of ether oxygens (including phenoxy) is 1. The van der Waals surface area contributed by atoms with Crippen LogP contribution >= 0.6 is 0 Å². The molecule has 1 aliphatic heterocycles. The van der Waals surface area contributed by atoms with Gasteiger partial charge in [-0.1, -0.05) is 0 Å². The molecule has 5 heteroatoms. The number of aliphatic hydroxyl groups excluding tert-OH is 1. The average Bonchev–Trinajstić information content (AvgIpc) is 2.46. The summed E-state index contributed by atoms with van der Waals surface area (Å²) in [5.74, 6) is 0. The molecule has 0 aliphatic carbocycles. The summed E-state index contributed by atoms with van der Waals surface area (Å²) in [5.41, 5.74) is 2.31. The molecule has 2 heterocycles. The SMILES string of the molecule is C[C@@H]1CN(c2ccc3nccc(C(O)O)c3c2)CCO1. The minimum atomic E-state index is -1.49. The number of benzene rings is 1. The molecular formula is C15H18N2O3. The van der Waals surface area contributed by atoms with Crippen molar-refractivity contribution in [2.75, 3.05) is 24.6 Å². The zero-order valence-electron chi connectivity index (χ0n) is 11.4. The Morgan fingerprint density at radius 3 is 2.95 bits per heavy atom. The Hall–Kier alpha value is -1.69. The van der Waals surface area contributed by atoms with Gasteiger partial charge in [0.1, 0.15) is 0 Å². The quantitative estimate of drug-likeness (QED) is 0.811. The highest BCUT2D eigenvalue weighted by Gasteiger charge is 2.18. The van der Waals surface area contributed by atoms with Crippen LogP contribution < -0.4 is 4.90 Å². The fourth-order valence-electron chi connectivity index (χ4n) is 2.63. The highest BCUT2D eigenvalue weighted by atomic mass is 16.5. The van der Waals surface area contributed by atoms with Crippen LogP contribution in [0.3, 0.4) is 0 Å². The first-order valence-electron chi connectivity index (χ1n) is 6.76. The molecule has 0 saturated carbocycles. The topological polar surface area (TPSA) is 65.8 Å². The maximum atomic E-state index is 9.46. The molecule has 1 fully saturated rings. The van der Waals surface area contributed by atoms with Crippen LogP contribution in [-0.2, 0) is 4.74 Å². The van der Waals surface area contributed by atoms with E-state index in [9.17, 15) is 10.2 Å². The third kappa shape index (κ3) is 2.47. The first-order valence-corrected chi connectivity index (χ1v) is 6.76. The van der Waals surface area contributed by atoms with Gasteiger partial charge in [0, 0.05) is 35.9 Å². The number of hydrogen-bond donors (Lipinski definition) is 2. The van der Waals surface area contributed by atoms with E-state index in [1.165, 1.54) is 0 Å². The van der Waals surface area contributed by atoms with Crippen molar-refractivity contribution in [1.82, 2.24) is 4.98 Å². The van der Waals surface area contributed by atoms with E-state index in [-0.39, 0.29) is 6.10 Å². The molecular weight excluding hydrogens is 256 g/mol. The number of morpholine rings is 1. The van der Waals surface area contributed by atoms with E-state index in [0.717, 1.165) is 29.7 Å². The van der Waals surface area contributed by atoms with Crippen LogP contribution in [0.15, 0.2) is 30.5 Å². The number of pyridine rings is 1. The summed E-state index contributed by atoms with van der Waals surface area (Å²) in [4.78, 5) is 6.50. The zero-order valence-corrected chi connectivity index (χ0v) is 11.4. The summed E-state index contributed by atoms with van der Waals surface area (Å²) in [7, 11) is 0. The van der Waals surface area contributed by atoms with Crippen LogP contribution in [0.2, 0.25) is 0 Å². The minimum absolute atomic E-state index is 0.205. The zero-order chi connectivity index (χ0) is 14.1. The molecule has 106 valence electrons. The smallest absolute Gasteiger partial charge is 0.179 e. The number of fused-ring (bicyclic) bond motifs is 1. The van der Waals surface area contributed by atoms with Gasteiger partial charge in [-0.25, -0.2) is 0 Å². The number of hydrogen-bond acceptors (Lipinski definition) is 5. The van der Waals surface area contributed by atoms with Gasteiger partial charge in [0.25, 0.3) is 0 Å². The van der Waals surface area contributed by atoms with Crippen LogP contribution in [0.25, 0.3) is 10.9 Å². The number of aromatic nitrogens is 1. The lowest BCUT2D eigenvalue weighted by atomic mass is 10.1. The van der Waals surface area contributed by atoms with Crippen molar-refractivity contribution < 1.29 is 14.9 Å². The third-order valence-electron chi connectivity index (χ3n) is 3.64. The maximum Gasteiger partial charge on any atom is 0.179 e. The summed E-state index contributed by atoms with van der Waals surface area (Å²) in [5, 5.41) is 19.7. The molecule has 0 bridgehead atoms. The molecule has 2 aromatic rings. The molecule has 0 amide bonds. The first-order chi connectivity index (χ1) is 9.65. The summed E-state index contributed by atoms with van der Waals surface area (Å²) in [6.07, 6.45) is 0.309. The van der Waals surface area contributed by atoms with Gasteiger partial charge >= 0.3 is 0 Å². The molecule has 0 spiro atoms. The Bertz CT molecular complexity index is 615. The lowest BCUT2D eigenvalue weighted by Crippen LogP contribution is -2.41. The minimum Gasteiger partial charge on any atom is -0.375 e. The number of rotatable bonds is 2. The van der Waals surface area contributed by atoms with Gasteiger partial charge in [0.2, 0.25) is 0 Å². The molecule has 20 heavy (non-hydrogen) atoms. The van der Waals surface area contributed by atoms with E-state index < -0.39 is 6.29 Å². The molecule has 3 rings (SSSR count). The van der Waals surface area contributed by atoms with Crippen molar-refractivity contribution in [3.05, 3.63) is 36.0 Å². The summed E-state index contributed by atoms with van der Waals surface area (Å²) in [6, 6.07) is 7.53. The molecule has 1 atom stereocenters. The molecule has 1 saturated heterocycles. The molecule has 1 aliphatic rings. The molecule has 1 aromatic carbocycles. The van der Waals surface area contributed by atoms with E-state index in [2.05, 4.69) is 16.8 Å². The highest BCUT2D eigenvalue weighted by Crippen LogP contribution is 2.27. The van der Waals surface area contributed by atoms with E-state index in [4.69, 9.17) is 4.74 Å². The Kier molecular flexibility index (Phi) is 3.56. The predicted molar refractivity (Wildman–Crippen MR) is 76.5 cm³/mol. The van der Waals surface area contributed by atoms with Crippen molar-refractivity contribution in [2.45, 2.75) is 19.3 Å². The van der Waals surface area contributed by atoms with Crippen LogP contribution in [0, 0.1) is 0 Å². The number of aliphatic hydroxyl groups is 2. The largest absolute Gasteiger partial charge is 0.375 e. The van der Waals surface area contributed by atoms with Crippen molar-refractivity contribution in [3.63, 3.8) is 0 Å². The molecule has 1 aromatic heterocycles. The Morgan fingerprint density at radius 2 is 2.20 bits per heavy atom. The lowest BCUT2D eigenvalue weighted by molar-refractivity contribution is -0.0413. The fraction of sp³-hybridized carbons (Fsp3) is 0.400. The van der Waals surface area contributed by atoms with Crippen LogP contribution in [0.5, 0.6) is 0 Å². The van der Waals surface area contributed by atoms with Gasteiger partial charge in [-0.2, -0.15) is 0 Å². The van der Waals surface area contributed by atoms with Crippen molar-refractivity contribution in [3.8, 4) is 0 Å². The lowest BCUT2D eigenvalue weighted by Gasteiger charge is -2.33. The van der Waals surface area contributed by atoms with Crippen LogP contribution in [0.1, 0.15) is 18.8 Å². The van der Waals surface area contributed by atoms with Crippen LogP contribution in [0.4, 0.5) is 5.69 Å². The van der Waals surface area contributed by atoms with Crippen molar-refractivity contribution >= 4 is 16.6 Å². The molecule has 0 unspecified atom stereocenters. The Morgan fingerprint density at radius 1 is 1.35 bits per heavy atom. The van der Waals surface area contributed by atoms with E-state index >= 15 is 0 Å². The second-order valence-electron chi connectivity index (χ2n) is 5.10. The number of nitrogens with zero attached hydrogens (tertiary/aromatic N) is 2. The van der Waals surface area contributed by atoms with Crippen LogP contribution in [-0.4, -0.2) is 41.0 Å². The second-order valence-corrected chi connectivity index (χ2v) is 5.10. The summed E-state index contributed by atoms with van der Waals surface area (Å²) >= 11 is 0. The summed E-state index contributed by atoms with van der Waals surface area (Å²) < 4.78 is 5.54. The Labute approximate surface area is 117 Å². The van der Waals surface area contributed by atoms with Gasteiger partial charge in [-0.05, 0) is 31.2 Å². The third-order valence-corrected chi connectivity index (χ3v) is 3.64. The maximum absolute atomic E-state index is 9.46. The van der Waals surface area contributed by atoms with Gasteiger partial charge in [0.15, 0.2) is 6.29 Å². The van der Waals surface area contributed by atoms with Crippen molar-refractivity contribution in [2.24, 2.45) is 0 Å². The Balaban J connectivity index is 2.03. The second kappa shape index (κ2) is 5.36. The molecule has 2 N–H and O–H groups in total. The van der Waals surface area contributed by atoms with Gasteiger partial charge < -0.3 is 19.8 Å². The number of anilines is 1.